The summed E-state index contributed by atoms with van der Waals surface area (Å²) in [6.07, 6.45) is 1.44. The van der Waals surface area contributed by atoms with E-state index >= 15 is 0 Å². The highest BCUT2D eigenvalue weighted by atomic mass is 79.9. The summed E-state index contributed by atoms with van der Waals surface area (Å²) in [5, 5.41) is 0. The van der Waals surface area contributed by atoms with Crippen molar-refractivity contribution >= 4 is 27.5 Å². The van der Waals surface area contributed by atoms with Gasteiger partial charge in [-0.05, 0) is 55.7 Å². The first-order chi connectivity index (χ1) is 11.0. The average Bonchev–Trinajstić information content (AvgIpc) is 2.89. The van der Waals surface area contributed by atoms with Crippen LogP contribution in [0.1, 0.15) is 25.0 Å². The molecule has 0 aromatic heterocycles. The largest absolute Gasteiger partial charge is 0.491 e. The van der Waals surface area contributed by atoms with Crippen molar-refractivity contribution in [2.45, 2.75) is 32.8 Å². The topological polar surface area (TPSA) is 29.5 Å². The minimum Gasteiger partial charge on any atom is -0.491 e. The van der Waals surface area contributed by atoms with E-state index < -0.39 is 0 Å². The number of hydrogen-bond acceptors (Lipinski definition) is 2. The van der Waals surface area contributed by atoms with Crippen molar-refractivity contribution in [2.24, 2.45) is 0 Å². The van der Waals surface area contributed by atoms with Gasteiger partial charge in [-0.25, -0.2) is 0 Å². The first-order valence-electron chi connectivity index (χ1n) is 7.87. The highest BCUT2D eigenvalue weighted by Crippen LogP contribution is 2.31. The molecule has 4 heteroatoms. The summed E-state index contributed by atoms with van der Waals surface area (Å²) >= 11 is 3.49. The van der Waals surface area contributed by atoms with E-state index in [4.69, 9.17) is 4.74 Å². The molecule has 0 saturated carbocycles. The lowest BCUT2D eigenvalue weighted by atomic mass is 10.1. The Morgan fingerprint density at radius 1 is 1.26 bits per heavy atom. The molecule has 0 unspecified atom stereocenters. The summed E-state index contributed by atoms with van der Waals surface area (Å²) in [5.74, 6) is 0.943. The molecular weight excluding hydrogens is 354 g/mol. The molecule has 0 fully saturated rings. The van der Waals surface area contributed by atoms with Gasteiger partial charge in [0.2, 0.25) is 5.91 Å². The number of nitrogens with zero attached hydrogens (tertiary/aromatic N) is 1. The van der Waals surface area contributed by atoms with Gasteiger partial charge >= 0.3 is 0 Å². The van der Waals surface area contributed by atoms with Crippen molar-refractivity contribution in [3.8, 4) is 5.75 Å². The van der Waals surface area contributed by atoms with Crippen LogP contribution in [0.25, 0.3) is 0 Å². The second kappa shape index (κ2) is 6.75. The summed E-state index contributed by atoms with van der Waals surface area (Å²) in [6, 6.07) is 13.9. The summed E-state index contributed by atoms with van der Waals surface area (Å²) < 4.78 is 6.71. The summed E-state index contributed by atoms with van der Waals surface area (Å²) in [5.41, 5.74) is 3.24. The SMILES string of the molecule is CC(C)Oc1cccc(CC(=O)N2CCc3ccc(Br)cc32)c1. The van der Waals surface area contributed by atoms with E-state index in [1.54, 1.807) is 0 Å². The normalized spacial score (nSPS) is 13.3. The van der Waals surface area contributed by atoms with Crippen molar-refractivity contribution in [3.63, 3.8) is 0 Å². The van der Waals surface area contributed by atoms with Crippen LogP contribution in [-0.4, -0.2) is 18.6 Å². The van der Waals surface area contributed by atoms with Crippen LogP contribution in [0.15, 0.2) is 46.9 Å². The van der Waals surface area contributed by atoms with Crippen molar-refractivity contribution < 1.29 is 9.53 Å². The van der Waals surface area contributed by atoms with E-state index in [1.807, 2.05) is 55.1 Å². The minimum absolute atomic E-state index is 0.128. The number of amides is 1. The molecular formula is C19H20BrNO2. The molecule has 2 aromatic rings. The van der Waals surface area contributed by atoms with Crippen LogP contribution in [0.2, 0.25) is 0 Å². The zero-order valence-electron chi connectivity index (χ0n) is 13.4. The van der Waals surface area contributed by atoms with E-state index in [0.29, 0.717) is 6.42 Å². The van der Waals surface area contributed by atoms with Crippen LogP contribution in [0.4, 0.5) is 5.69 Å². The lowest BCUT2D eigenvalue weighted by Gasteiger charge is -2.18. The van der Waals surface area contributed by atoms with Gasteiger partial charge in [-0.2, -0.15) is 0 Å². The van der Waals surface area contributed by atoms with Crippen LogP contribution in [0.3, 0.4) is 0 Å². The molecule has 1 aliphatic heterocycles. The zero-order valence-corrected chi connectivity index (χ0v) is 15.0. The van der Waals surface area contributed by atoms with Crippen molar-refractivity contribution in [1.82, 2.24) is 0 Å². The summed E-state index contributed by atoms with van der Waals surface area (Å²) in [6.45, 7) is 4.75. The number of ether oxygens (including phenoxy) is 1. The molecule has 120 valence electrons. The van der Waals surface area contributed by atoms with Gasteiger partial charge in [0.25, 0.3) is 0 Å². The lowest BCUT2D eigenvalue weighted by molar-refractivity contribution is -0.117. The van der Waals surface area contributed by atoms with Gasteiger partial charge in [0.05, 0.1) is 12.5 Å². The van der Waals surface area contributed by atoms with Gasteiger partial charge in [-0.15, -0.1) is 0 Å². The first-order valence-corrected chi connectivity index (χ1v) is 8.66. The predicted molar refractivity (Wildman–Crippen MR) is 96.1 cm³/mol. The third kappa shape index (κ3) is 3.75. The molecule has 0 aliphatic carbocycles. The fourth-order valence-corrected chi connectivity index (χ4v) is 3.23. The molecule has 0 N–H and O–H groups in total. The molecule has 3 rings (SSSR count). The van der Waals surface area contributed by atoms with Crippen LogP contribution in [0, 0.1) is 0 Å². The number of anilines is 1. The van der Waals surface area contributed by atoms with E-state index in [0.717, 1.165) is 34.4 Å². The van der Waals surface area contributed by atoms with E-state index in [2.05, 4.69) is 22.0 Å². The third-order valence-corrected chi connectivity index (χ3v) is 4.36. The number of carbonyl (C=O) groups is 1. The van der Waals surface area contributed by atoms with Crippen molar-refractivity contribution in [1.29, 1.82) is 0 Å². The maximum Gasteiger partial charge on any atom is 0.231 e. The number of carbonyl (C=O) groups excluding carboxylic acids is 1. The van der Waals surface area contributed by atoms with Crippen LogP contribution < -0.4 is 9.64 Å². The van der Waals surface area contributed by atoms with E-state index in [-0.39, 0.29) is 12.0 Å². The predicted octanol–water partition coefficient (Wildman–Crippen LogP) is 4.37. The molecule has 0 bridgehead atoms. The Morgan fingerprint density at radius 2 is 2.09 bits per heavy atom. The Balaban J connectivity index is 1.75. The highest BCUT2D eigenvalue weighted by Gasteiger charge is 2.24. The molecule has 1 heterocycles. The fourth-order valence-electron chi connectivity index (χ4n) is 2.88. The minimum atomic E-state index is 0.128. The summed E-state index contributed by atoms with van der Waals surface area (Å²) in [4.78, 5) is 14.6. The number of fused-ring (bicyclic) bond motifs is 1. The Labute approximate surface area is 145 Å². The van der Waals surface area contributed by atoms with Gasteiger partial charge < -0.3 is 9.64 Å². The molecule has 3 nitrogen and oxygen atoms in total. The Morgan fingerprint density at radius 3 is 2.87 bits per heavy atom. The van der Waals surface area contributed by atoms with Gasteiger partial charge in [0, 0.05) is 16.7 Å². The molecule has 0 radical (unpaired) electrons. The standard InChI is InChI=1S/C19H20BrNO2/c1-13(2)23-17-5-3-4-14(10-17)11-19(22)21-9-8-15-6-7-16(20)12-18(15)21/h3-7,10,12-13H,8-9,11H2,1-2H3. The van der Waals surface area contributed by atoms with Crippen molar-refractivity contribution in [3.05, 3.63) is 58.1 Å². The molecule has 23 heavy (non-hydrogen) atoms. The number of hydrogen-bond donors (Lipinski definition) is 0. The van der Waals surface area contributed by atoms with E-state index in [1.165, 1.54) is 5.56 Å². The van der Waals surface area contributed by atoms with Gasteiger partial charge in [0.15, 0.2) is 0 Å². The summed E-state index contributed by atoms with van der Waals surface area (Å²) in [7, 11) is 0. The van der Waals surface area contributed by atoms with Crippen LogP contribution in [0.5, 0.6) is 5.75 Å². The molecule has 0 spiro atoms. The molecule has 0 atom stereocenters. The molecule has 1 aliphatic rings. The smallest absolute Gasteiger partial charge is 0.231 e. The number of benzene rings is 2. The van der Waals surface area contributed by atoms with Gasteiger partial charge in [0.1, 0.15) is 5.75 Å². The monoisotopic (exact) mass is 373 g/mol. The number of halogens is 1. The quantitative estimate of drug-likeness (QED) is 0.796. The van der Waals surface area contributed by atoms with Crippen molar-refractivity contribution in [2.75, 3.05) is 11.4 Å². The first kappa shape index (κ1) is 16.1. The Bertz CT molecular complexity index is 727. The number of rotatable bonds is 4. The maximum absolute atomic E-state index is 12.7. The molecule has 2 aromatic carbocycles. The van der Waals surface area contributed by atoms with Gasteiger partial charge in [-0.3, -0.25) is 4.79 Å². The van der Waals surface area contributed by atoms with Crippen LogP contribution in [-0.2, 0) is 17.6 Å². The Kier molecular flexibility index (Phi) is 4.71. The Hall–Kier alpha value is -1.81. The highest BCUT2D eigenvalue weighted by molar-refractivity contribution is 9.10. The second-order valence-electron chi connectivity index (χ2n) is 6.06. The second-order valence-corrected chi connectivity index (χ2v) is 6.97. The molecule has 0 saturated heterocycles. The average molecular weight is 374 g/mol. The molecule has 1 amide bonds. The van der Waals surface area contributed by atoms with Crippen LogP contribution >= 0.6 is 15.9 Å². The van der Waals surface area contributed by atoms with Gasteiger partial charge in [-0.1, -0.05) is 34.1 Å². The third-order valence-electron chi connectivity index (χ3n) is 3.87. The van der Waals surface area contributed by atoms with E-state index in [9.17, 15) is 4.79 Å². The lowest BCUT2D eigenvalue weighted by Crippen LogP contribution is -2.30. The fraction of sp³-hybridized carbons (Fsp3) is 0.316. The maximum atomic E-state index is 12.7. The zero-order chi connectivity index (χ0) is 16.4.